The van der Waals surface area contributed by atoms with E-state index in [1.54, 1.807) is 7.11 Å². The number of rotatable bonds is 9. The van der Waals surface area contributed by atoms with Crippen molar-refractivity contribution in [3.63, 3.8) is 0 Å². The Labute approximate surface area is 113 Å². The van der Waals surface area contributed by atoms with Gasteiger partial charge >= 0.3 is 0 Å². The normalized spacial score (nSPS) is 12.6. The first kappa shape index (κ1) is 15.4. The van der Waals surface area contributed by atoms with Crippen LogP contribution < -0.4 is 5.73 Å². The average Bonchev–Trinajstić information content (AvgIpc) is 2.39. The minimum absolute atomic E-state index is 0.190. The first-order valence-corrected chi connectivity index (χ1v) is 6.30. The monoisotopic (exact) mass is 273 g/mol. The van der Waals surface area contributed by atoms with E-state index >= 15 is 0 Å². The van der Waals surface area contributed by atoms with Crippen LogP contribution >= 0.6 is 11.6 Å². The maximum Gasteiger partial charge on any atom is 0.0962 e. The van der Waals surface area contributed by atoms with Gasteiger partial charge in [-0.05, 0) is 6.07 Å². The van der Waals surface area contributed by atoms with Gasteiger partial charge in [0.1, 0.15) is 0 Å². The van der Waals surface area contributed by atoms with Gasteiger partial charge in [-0.3, -0.25) is 0 Å². The van der Waals surface area contributed by atoms with Crippen LogP contribution in [0.1, 0.15) is 11.7 Å². The fourth-order valence-electron chi connectivity index (χ4n) is 1.51. The maximum atomic E-state index is 6.10. The molecule has 0 spiro atoms. The van der Waals surface area contributed by atoms with Crippen LogP contribution in [-0.4, -0.2) is 40.1 Å². The van der Waals surface area contributed by atoms with Crippen LogP contribution in [0.25, 0.3) is 0 Å². The first-order valence-electron chi connectivity index (χ1n) is 5.92. The summed E-state index contributed by atoms with van der Waals surface area (Å²) < 4.78 is 15.8. The van der Waals surface area contributed by atoms with Crippen LogP contribution in [0.15, 0.2) is 24.3 Å². The highest BCUT2D eigenvalue weighted by Crippen LogP contribution is 2.24. The fraction of sp³-hybridized carbons (Fsp3) is 0.538. The Morgan fingerprint density at radius 3 is 2.56 bits per heavy atom. The molecule has 0 aliphatic rings. The number of methoxy groups -OCH3 is 1. The molecule has 0 radical (unpaired) electrons. The molecule has 0 bridgehead atoms. The van der Waals surface area contributed by atoms with Gasteiger partial charge in [-0.1, -0.05) is 29.8 Å². The largest absolute Gasteiger partial charge is 0.382 e. The van der Waals surface area contributed by atoms with Gasteiger partial charge in [-0.25, -0.2) is 0 Å². The zero-order valence-corrected chi connectivity index (χ0v) is 11.4. The highest BCUT2D eigenvalue weighted by molar-refractivity contribution is 6.31. The molecule has 5 heteroatoms. The van der Waals surface area contributed by atoms with E-state index in [-0.39, 0.29) is 6.10 Å². The van der Waals surface area contributed by atoms with Gasteiger partial charge in [0.15, 0.2) is 0 Å². The summed E-state index contributed by atoms with van der Waals surface area (Å²) in [5.74, 6) is 0. The van der Waals surface area contributed by atoms with E-state index in [2.05, 4.69) is 0 Å². The summed E-state index contributed by atoms with van der Waals surface area (Å²) in [6, 6.07) is 7.55. The van der Waals surface area contributed by atoms with Crippen LogP contribution in [0.3, 0.4) is 0 Å². The van der Waals surface area contributed by atoms with E-state index in [1.165, 1.54) is 0 Å². The molecule has 0 aliphatic carbocycles. The second-order valence-electron chi connectivity index (χ2n) is 3.72. The zero-order valence-electron chi connectivity index (χ0n) is 10.6. The molecule has 102 valence electrons. The second kappa shape index (κ2) is 9.30. The molecule has 0 saturated carbocycles. The standard InChI is InChI=1S/C13H20ClNO3/c1-16-6-7-17-8-9-18-13(10-15)11-4-2-3-5-12(11)14/h2-5,13H,6-10,15H2,1H3. The third-order valence-electron chi connectivity index (χ3n) is 2.44. The highest BCUT2D eigenvalue weighted by atomic mass is 35.5. The summed E-state index contributed by atoms with van der Waals surface area (Å²) >= 11 is 6.10. The summed E-state index contributed by atoms with van der Waals surface area (Å²) in [4.78, 5) is 0. The predicted octanol–water partition coefficient (Wildman–Crippen LogP) is 2.02. The van der Waals surface area contributed by atoms with Gasteiger partial charge < -0.3 is 19.9 Å². The van der Waals surface area contributed by atoms with E-state index < -0.39 is 0 Å². The lowest BCUT2D eigenvalue weighted by Crippen LogP contribution is -2.19. The van der Waals surface area contributed by atoms with Crippen molar-refractivity contribution in [1.82, 2.24) is 0 Å². The summed E-state index contributed by atoms with van der Waals surface area (Å²) in [7, 11) is 1.64. The number of nitrogens with two attached hydrogens (primary N) is 1. The minimum Gasteiger partial charge on any atom is -0.382 e. The second-order valence-corrected chi connectivity index (χ2v) is 4.13. The summed E-state index contributed by atoms with van der Waals surface area (Å²) in [6.45, 7) is 2.55. The molecule has 0 saturated heterocycles. The van der Waals surface area contributed by atoms with Crippen molar-refractivity contribution in [2.45, 2.75) is 6.10 Å². The van der Waals surface area contributed by atoms with Crippen LogP contribution in [0.4, 0.5) is 0 Å². The van der Waals surface area contributed by atoms with Crippen molar-refractivity contribution in [3.8, 4) is 0 Å². The van der Waals surface area contributed by atoms with Crippen molar-refractivity contribution in [2.75, 3.05) is 40.1 Å². The fourth-order valence-corrected chi connectivity index (χ4v) is 1.77. The first-order chi connectivity index (χ1) is 8.79. The molecule has 0 aromatic heterocycles. The van der Waals surface area contributed by atoms with E-state index in [9.17, 15) is 0 Å². The molecule has 2 N–H and O–H groups in total. The van der Waals surface area contributed by atoms with Gasteiger partial charge in [-0.2, -0.15) is 0 Å². The Kier molecular flexibility index (Phi) is 7.96. The van der Waals surface area contributed by atoms with Crippen molar-refractivity contribution < 1.29 is 14.2 Å². The minimum atomic E-state index is -0.190. The Morgan fingerprint density at radius 2 is 1.89 bits per heavy atom. The van der Waals surface area contributed by atoms with Crippen molar-refractivity contribution in [3.05, 3.63) is 34.9 Å². The lowest BCUT2D eigenvalue weighted by molar-refractivity contribution is -0.00419. The molecular formula is C13H20ClNO3. The molecular weight excluding hydrogens is 254 g/mol. The van der Waals surface area contributed by atoms with Crippen molar-refractivity contribution in [2.24, 2.45) is 5.73 Å². The molecule has 1 aromatic carbocycles. The van der Waals surface area contributed by atoms with Crippen LogP contribution in [0.5, 0.6) is 0 Å². The number of hydrogen-bond donors (Lipinski definition) is 1. The molecule has 1 aromatic rings. The van der Waals surface area contributed by atoms with Crippen LogP contribution in [0, 0.1) is 0 Å². The topological polar surface area (TPSA) is 53.7 Å². The zero-order chi connectivity index (χ0) is 13.2. The van der Waals surface area contributed by atoms with Crippen molar-refractivity contribution >= 4 is 11.6 Å². The summed E-state index contributed by atoms with van der Waals surface area (Å²) in [6.07, 6.45) is -0.190. The van der Waals surface area contributed by atoms with E-state index in [4.69, 9.17) is 31.5 Å². The van der Waals surface area contributed by atoms with Crippen molar-refractivity contribution in [1.29, 1.82) is 0 Å². The van der Waals surface area contributed by atoms with Gasteiger partial charge in [-0.15, -0.1) is 0 Å². The molecule has 18 heavy (non-hydrogen) atoms. The maximum absolute atomic E-state index is 6.10. The van der Waals surface area contributed by atoms with Gasteiger partial charge in [0.05, 0.1) is 32.5 Å². The highest BCUT2D eigenvalue weighted by Gasteiger charge is 2.12. The number of benzene rings is 1. The lowest BCUT2D eigenvalue weighted by atomic mass is 10.1. The SMILES string of the molecule is COCCOCCOC(CN)c1ccccc1Cl. The average molecular weight is 274 g/mol. The molecule has 1 unspecified atom stereocenters. The van der Waals surface area contributed by atoms with Crippen LogP contribution in [0.2, 0.25) is 5.02 Å². The Hall–Kier alpha value is -0.650. The number of halogens is 1. The van der Waals surface area contributed by atoms with E-state index in [0.717, 1.165) is 5.56 Å². The summed E-state index contributed by atoms with van der Waals surface area (Å²) in [5, 5.41) is 0.674. The third kappa shape index (κ3) is 5.33. The molecule has 0 amide bonds. The molecule has 4 nitrogen and oxygen atoms in total. The lowest BCUT2D eigenvalue weighted by Gasteiger charge is -2.17. The molecule has 0 aliphatic heterocycles. The summed E-state index contributed by atoms with van der Waals surface area (Å²) in [5.41, 5.74) is 6.61. The third-order valence-corrected chi connectivity index (χ3v) is 2.79. The Bertz CT molecular complexity index is 336. The predicted molar refractivity (Wildman–Crippen MR) is 71.9 cm³/mol. The molecule has 1 rings (SSSR count). The Morgan fingerprint density at radius 1 is 1.17 bits per heavy atom. The van der Waals surface area contributed by atoms with Gasteiger partial charge in [0.25, 0.3) is 0 Å². The smallest absolute Gasteiger partial charge is 0.0962 e. The molecule has 0 fully saturated rings. The van der Waals surface area contributed by atoms with E-state index in [0.29, 0.717) is 38.0 Å². The van der Waals surface area contributed by atoms with Gasteiger partial charge in [0, 0.05) is 24.2 Å². The quantitative estimate of drug-likeness (QED) is 0.700. The molecule has 1 atom stereocenters. The van der Waals surface area contributed by atoms with Crippen LogP contribution in [-0.2, 0) is 14.2 Å². The number of ether oxygens (including phenoxy) is 3. The van der Waals surface area contributed by atoms with E-state index in [1.807, 2.05) is 24.3 Å². The molecule has 0 heterocycles. The Balaban J connectivity index is 2.32. The van der Waals surface area contributed by atoms with Gasteiger partial charge in [0.2, 0.25) is 0 Å². The number of hydrogen-bond acceptors (Lipinski definition) is 4.